The lowest BCUT2D eigenvalue weighted by atomic mass is 10.0. The molecule has 0 atom stereocenters. The van der Waals surface area contributed by atoms with Crippen molar-refractivity contribution >= 4 is 11.0 Å². The Morgan fingerprint density at radius 2 is 1.90 bits per heavy atom. The zero-order chi connectivity index (χ0) is 15.0. The van der Waals surface area contributed by atoms with Crippen molar-refractivity contribution in [3.63, 3.8) is 0 Å². The first-order chi connectivity index (χ1) is 10.1. The first-order valence-electron chi connectivity index (χ1n) is 7.13. The molecule has 1 aliphatic rings. The van der Waals surface area contributed by atoms with Crippen LogP contribution in [-0.4, -0.2) is 36.3 Å². The van der Waals surface area contributed by atoms with Crippen molar-refractivity contribution in [3.8, 4) is 5.75 Å². The molecule has 0 saturated carbocycles. The van der Waals surface area contributed by atoms with E-state index < -0.39 is 0 Å². The van der Waals surface area contributed by atoms with Crippen LogP contribution in [0.5, 0.6) is 5.75 Å². The van der Waals surface area contributed by atoms with E-state index in [1.54, 1.807) is 19.1 Å². The van der Waals surface area contributed by atoms with E-state index in [1.807, 2.05) is 6.92 Å². The number of fused-ring (bicyclic) bond motifs is 1. The Bertz CT molecular complexity index is 729. The molecule has 1 fully saturated rings. The number of benzene rings is 1. The van der Waals surface area contributed by atoms with Crippen molar-refractivity contribution in [3.05, 3.63) is 39.2 Å². The standard InChI is InChI=1S/C16H19NO4/c1-10-11(2)16(19)21-15-12(10)3-4-14(18)13(15)9-17-5-7-20-8-6-17/h3-4,18H,5-9H2,1-2H3. The molecule has 0 spiro atoms. The van der Waals surface area contributed by atoms with Crippen LogP contribution < -0.4 is 5.63 Å². The lowest BCUT2D eigenvalue weighted by Gasteiger charge is -2.27. The van der Waals surface area contributed by atoms with Gasteiger partial charge in [0.1, 0.15) is 11.3 Å². The van der Waals surface area contributed by atoms with Gasteiger partial charge in [0.25, 0.3) is 0 Å². The van der Waals surface area contributed by atoms with E-state index in [4.69, 9.17) is 9.15 Å². The molecular weight excluding hydrogens is 270 g/mol. The van der Waals surface area contributed by atoms with Gasteiger partial charge in [-0.15, -0.1) is 0 Å². The molecular formula is C16H19NO4. The van der Waals surface area contributed by atoms with Gasteiger partial charge in [-0.2, -0.15) is 0 Å². The number of rotatable bonds is 2. The number of aromatic hydroxyl groups is 1. The Hall–Kier alpha value is -1.85. The Morgan fingerprint density at radius 3 is 2.62 bits per heavy atom. The normalized spacial score (nSPS) is 16.5. The van der Waals surface area contributed by atoms with Crippen LogP contribution in [0.15, 0.2) is 21.3 Å². The summed E-state index contributed by atoms with van der Waals surface area (Å²) in [5.74, 6) is 0.167. The second-order valence-corrected chi connectivity index (χ2v) is 5.47. The SMILES string of the molecule is Cc1c(C)c2ccc(O)c(CN3CCOCC3)c2oc1=O. The molecule has 5 heteroatoms. The first-order valence-corrected chi connectivity index (χ1v) is 7.13. The Morgan fingerprint density at radius 1 is 1.19 bits per heavy atom. The summed E-state index contributed by atoms with van der Waals surface area (Å²) in [6.07, 6.45) is 0. The summed E-state index contributed by atoms with van der Waals surface area (Å²) in [5.41, 5.74) is 2.35. The number of phenols is 1. The van der Waals surface area contributed by atoms with E-state index in [0.29, 0.717) is 36.5 Å². The molecule has 3 rings (SSSR count). The Labute approximate surface area is 122 Å². The van der Waals surface area contributed by atoms with Crippen molar-refractivity contribution in [1.82, 2.24) is 4.90 Å². The second kappa shape index (κ2) is 5.50. The van der Waals surface area contributed by atoms with Crippen LogP contribution in [0.4, 0.5) is 0 Å². The van der Waals surface area contributed by atoms with Gasteiger partial charge in [-0.25, -0.2) is 4.79 Å². The number of ether oxygens (including phenoxy) is 1. The average Bonchev–Trinajstić information content (AvgIpc) is 2.49. The van der Waals surface area contributed by atoms with Gasteiger partial charge in [0.05, 0.1) is 18.8 Å². The third-order valence-electron chi connectivity index (χ3n) is 4.19. The van der Waals surface area contributed by atoms with Crippen LogP contribution in [0.1, 0.15) is 16.7 Å². The molecule has 1 aromatic carbocycles. The van der Waals surface area contributed by atoms with E-state index in [2.05, 4.69) is 4.90 Å². The maximum absolute atomic E-state index is 11.9. The molecule has 112 valence electrons. The maximum Gasteiger partial charge on any atom is 0.339 e. The number of morpholine rings is 1. The fraction of sp³-hybridized carbons (Fsp3) is 0.438. The van der Waals surface area contributed by atoms with Crippen LogP contribution in [0.25, 0.3) is 11.0 Å². The molecule has 0 radical (unpaired) electrons. The lowest BCUT2D eigenvalue weighted by molar-refractivity contribution is 0.0339. The minimum Gasteiger partial charge on any atom is -0.507 e. The number of hydrogen-bond acceptors (Lipinski definition) is 5. The quantitative estimate of drug-likeness (QED) is 0.856. The largest absolute Gasteiger partial charge is 0.507 e. The molecule has 5 nitrogen and oxygen atoms in total. The zero-order valence-electron chi connectivity index (χ0n) is 12.3. The first kappa shape index (κ1) is 14.1. The summed E-state index contributed by atoms with van der Waals surface area (Å²) in [5, 5.41) is 11.1. The Balaban J connectivity index is 2.12. The highest BCUT2D eigenvalue weighted by Gasteiger charge is 2.18. The highest BCUT2D eigenvalue weighted by atomic mass is 16.5. The summed E-state index contributed by atoms with van der Waals surface area (Å²) in [7, 11) is 0. The molecule has 1 saturated heterocycles. The monoisotopic (exact) mass is 289 g/mol. The van der Waals surface area contributed by atoms with Crippen LogP contribution in [0, 0.1) is 13.8 Å². The molecule has 0 amide bonds. The summed E-state index contributed by atoms with van der Waals surface area (Å²) < 4.78 is 10.8. The molecule has 2 aromatic rings. The van der Waals surface area contributed by atoms with Crippen LogP contribution in [0.2, 0.25) is 0 Å². The lowest BCUT2D eigenvalue weighted by Crippen LogP contribution is -2.35. The maximum atomic E-state index is 11.9. The fourth-order valence-electron chi connectivity index (χ4n) is 2.69. The second-order valence-electron chi connectivity index (χ2n) is 5.47. The van der Waals surface area contributed by atoms with Gasteiger partial charge in [-0.05, 0) is 31.5 Å². The molecule has 21 heavy (non-hydrogen) atoms. The molecule has 0 bridgehead atoms. The average molecular weight is 289 g/mol. The highest BCUT2D eigenvalue weighted by molar-refractivity contribution is 5.85. The predicted molar refractivity (Wildman–Crippen MR) is 79.7 cm³/mol. The van der Waals surface area contributed by atoms with Crippen LogP contribution >= 0.6 is 0 Å². The smallest absolute Gasteiger partial charge is 0.339 e. The van der Waals surface area contributed by atoms with Gasteiger partial charge < -0.3 is 14.3 Å². The summed E-state index contributed by atoms with van der Waals surface area (Å²) in [6.45, 7) is 7.22. The predicted octanol–water partition coefficient (Wildman–Crippen LogP) is 1.95. The number of phenolic OH excluding ortho intramolecular Hbond substituents is 1. The van der Waals surface area contributed by atoms with Crippen molar-refractivity contribution in [2.45, 2.75) is 20.4 Å². The van der Waals surface area contributed by atoms with Crippen molar-refractivity contribution in [1.29, 1.82) is 0 Å². The molecule has 2 heterocycles. The molecule has 0 aliphatic carbocycles. The third kappa shape index (κ3) is 2.54. The van der Waals surface area contributed by atoms with Gasteiger partial charge in [0.15, 0.2) is 0 Å². The number of nitrogens with zero attached hydrogens (tertiary/aromatic N) is 1. The van der Waals surface area contributed by atoms with E-state index in [0.717, 1.165) is 24.0 Å². The summed E-state index contributed by atoms with van der Waals surface area (Å²) in [6, 6.07) is 3.48. The topological polar surface area (TPSA) is 62.9 Å². The van der Waals surface area contributed by atoms with Crippen molar-refractivity contribution in [2.75, 3.05) is 26.3 Å². The van der Waals surface area contributed by atoms with E-state index in [9.17, 15) is 9.90 Å². The van der Waals surface area contributed by atoms with Gasteiger partial charge in [-0.3, -0.25) is 4.90 Å². The van der Waals surface area contributed by atoms with Crippen LogP contribution in [0.3, 0.4) is 0 Å². The summed E-state index contributed by atoms with van der Waals surface area (Å²) in [4.78, 5) is 14.1. The summed E-state index contributed by atoms with van der Waals surface area (Å²) >= 11 is 0. The highest BCUT2D eigenvalue weighted by Crippen LogP contribution is 2.30. The van der Waals surface area contributed by atoms with Crippen molar-refractivity contribution < 1.29 is 14.3 Å². The van der Waals surface area contributed by atoms with Crippen molar-refractivity contribution in [2.24, 2.45) is 0 Å². The van der Waals surface area contributed by atoms with Gasteiger partial charge in [0.2, 0.25) is 0 Å². The molecule has 1 N–H and O–H groups in total. The van der Waals surface area contributed by atoms with Gasteiger partial charge in [-0.1, -0.05) is 0 Å². The zero-order valence-corrected chi connectivity index (χ0v) is 12.3. The number of aryl methyl sites for hydroxylation is 1. The van der Waals surface area contributed by atoms with Gasteiger partial charge >= 0.3 is 5.63 Å². The Kier molecular flexibility index (Phi) is 3.69. The fourth-order valence-corrected chi connectivity index (χ4v) is 2.69. The molecule has 1 aliphatic heterocycles. The molecule has 0 unspecified atom stereocenters. The third-order valence-corrected chi connectivity index (χ3v) is 4.19. The van der Waals surface area contributed by atoms with E-state index >= 15 is 0 Å². The van der Waals surface area contributed by atoms with E-state index in [1.165, 1.54) is 0 Å². The molecule has 1 aromatic heterocycles. The van der Waals surface area contributed by atoms with Gasteiger partial charge in [0, 0.05) is 30.6 Å². The van der Waals surface area contributed by atoms with E-state index in [-0.39, 0.29) is 11.4 Å². The minimum atomic E-state index is -0.339. The number of hydrogen-bond donors (Lipinski definition) is 1. The van der Waals surface area contributed by atoms with Crippen LogP contribution in [-0.2, 0) is 11.3 Å². The minimum absolute atomic E-state index is 0.167.